The second kappa shape index (κ2) is 8.30. The summed E-state index contributed by atoms with van der Waals surface area (Å²) in [5, 5.41) is 2.99. The number of benzene rings is 1. The van der Waals surface area contributed by atoms with Crippen molar-refractivity contribution >= 4 is 11.7 Å². The van der Waals surface area contributed by atoms with Crippen LogP contribution in [0.1, 0.15) is 34.9 Å². The molecular formula is C23H25N5O2. The summed E-state index contributed by atoms with van der Waals surface area (Å²) >= 11 is 0. The number of hydrogen-bond acceptors (Lipinski definition) is 6. The number of nitrogens with zero attached hydrogens (tertiary/aromatic N) is 2. The largest absolute Gasteiger partial charge is 0.468 e. The summed E-state index contributed by atoms with van der Waals surface area (Å²) in [7, 11) is 0. The van der Waals surface area contributed by atoms with E-state index in [1.807, 2.05) is 30.5 Å². The van der Waals surface area contributed by atoms with E-state index >= 15 is 0 Å². The molecule has 1 aromatic carbocycles. The molecule has 7 nitrogen and oxygen atoms in total. The Morgan fingerprint density at radius 1 is 1.13 bits per heavy atom. The number of carbonyl (C=O) groups is 1. The Kier molecular flexibility index (Phi) is 5.21. The van der Waals surface area contributed by atoms with Crippen LogP contribution in [0.4, 0.5) is 5.82 Å². The average molecular weight is 403 g/mol. The SMILES string of the molecule is O=C(NCc1ccc(N2CCc3ccccc3C2)nc1)C1CC(c2ccco2)NN1. The maximum Gasteiger partial charge on any atom is 0.238 e. The molecule has 1 saturated heterocycles. The molecule has 3 N–H and O–H groups in total. The third kappa shape index (κ3) is 3.94. The Hall–Kier alpha value is -3.16. The summed E-state index contributed by atoms with van der Waals surface area (Å²) in [6.45, 7) is 2.31. The van der Waals surface area contributed by atoms with Gasteiger partial charge in [-0.2, -0.15) is 0 Å². The van der Waals surface area contributed by atoms with E-state index in [2.05, 4.69) is 50.3 Å². The van der Waals surface area contributed by atoms with Crippen molar-refractivity contribution < 1.29 is 9.21 Å². The zero-order valence-corrected chi connectivity index (χ0v) is 16.7. The molecule has 30 heavy (non-hydrogen) atoms. The van der Waals surface area contributed by atoms with Gasteiger partial charge < -0.3 is 14.6 Å². The summed E-state index contributed by atoms with van der Waals surface area (Å²) in [5.41, 5.74) is 9.94. The zero-order chi connectivity index (χ0) is 20.3. The molecule has 0 bridgehead atoms. The zero-order valence-electron chi connectivity index (χ0n) is 16.7. The number of hydrazine groups is 1. The van der Waals surface area contributed by atoms with E-state index in [9.17, 15) is 4.79 Å². The minimum Gasteiger partial charge on any atom is -0.468 e. The Morgan fingerprint density at radius 3 is 2.83 bits per heavy atom. The van der Waals surface area contributed by atoms with Crippen LogP contribution in [0.2, 0.25) is 0 Å². The third-order valence-electron chi connectivity index (χ3n) is 5.84. The lowest BCUT2D eigenvalue weighted by atomic mass is 10.00. The van der Waals surface area contributed by atoms with Crippen molar-refractivity contribution in [3.63, 3.8) is 0 Å². The van der Waals surface area contributed by atoms with Crippen LogP contribution < -0.4 is 21.1 Å². The van der Waals surface area contributed by atoms with Gasteiger partial charge in [-0.05, 0) is 47.7 Å². The Balaban J connectivity index is 1.14. The minimum atomic E-state index is -0.291. The summed E-state index contributed by atoms with van der Waals surface area (Å²) in [4.78, 5) is 19.4. The molecule has 3 aromatic rings. The van der Waals surface area contributed by atoms with Crippen LogP contribution in [0.15, 0.2) is 65.4 Å². The number of fused-ring (bicyclic) bond motifs is 1. The summed E-state index contributed by atoms with van der Waals surface area (Å²) < 4.78 is 5.41. The fourth-order valence-corrected chi connectivity index (χ4v) is 4.12. The Labute approximate surface area is 175 Å². The van der Waals surface area contributed by atoms with Gasteiger partial charge in [0.05, 0.1) is 12.3 Å². The average Bonchev–Trinajstić information content (AvgIpc) is 3.49. The van der Waals surface area contributed by atoms with Crippen molar-refractivity contribution in [1.29, 1.82) is 0 Å². The van der Waals surface area contributed by atoms with Gasteiger partial charge in [-0.3, -0.25) is 4.79 Å². The highest BCUT2D eigenvalue weighted by Gasteiger charge is 2.31. The highest BCUT2D eigenvalue weighted by molar-refractivity contribution is 5.82. The van der Waals surface area contributed by atoms with E-state index in [1.54, 1.807) is 6.26 Å². The van der Waals surface area contributed by atoms with Gasteiger partial charge in [-0.25, -0.2) is 15.8 Å². The van der Waals surface area contributed by atoms with Crippen LogP contribution in [-0.2, 0) is 24.3 Å². The van der Waals surface area contributed by atoms with Crippen LogP contribution in [-0.4, -0.2) is 23.5 Å². The number of rotatable bonds is 5. The number of hydrogen-bond donors (Lipinski definition) is 3. The van der Waals surface area contributed by atoms with Gasteiger partial charge in [0.15, 0.2) is 0 Å². The molecule has 1 fully saturated rings. The van der Waals surface area contributed by atoms with Gasteiger partial charge in [-0.1, -0.05) is 30.3 Å². The minimum absolute atomic E-state index is 0.00590. The molecule has 2 aromatic heterocycles. The van der Waals surface area contributed by atoms with Crippen LogP contribution in [0.25, 0.3) is 0 Å². The van der Waals surface area contributed by atoms with E-state index in [-0.39, 0.29) is 18.0 Å². The van der Waals surface area contributed by atoms with Crippen molar-refractivity contribution in [2.45, 2.75) is 38.0 Å². The van der Waals surface area contributed by atoms with Crippen molar-refractivity contribution in [3.05, 3.63) is 83.4 Å². The normalized spacial score (nSPS) is 20.7. The topological polar surface area (TPSA) is 82.4 Å². The molecule has 1 amide bonds. The van der Waals surface area contributed by atoms with Crippen LogP contribution in [0.5, 0.6) is 0 Å². The third-order valence-corrected chi connectivity index (χ3v) is 5.84. The van der Waals surface area contributed by atoms with Crippen molar-refractivity contribution in [3.8, 4) is 0 Å². The number of carbonyl (C=O) groups excluding carboxylic acids is 1. The van der Waals surface area contributed by atoms with E-state index in [1.165, 1.54) is 11.1 Å². The maximum atomic E-state index is 12.5. The van der Waals surface area contributed by atoms with E-state index in [0.29, 0.717) is 13.0 Å². The first-order valence-electron chi connectivity index (χ1n) is 10.3. The summed E-state index contributed by atoms with van der Waals surface area (Å²) in [6, 6.07) is 16.1. The maximum absolute atomic E-state index is 12.5. The Bertz CT molecular complexity index is 1000. The molecule has 0 spiro atoms. The van der Waals surface area contributed by atoms with Gasteiger partial charge >= 0.3 is 0 Å². The quantitative estimate of drug-likeness (QED) is 0.607. The standard InChI is InChI=1S/C23H25N5O2/c29-23(20-12-19(26-27-20)21-6-3-11-30-21)25-14-16-7-8-22(24-13-16)28-10-9-17-4-1-2-5-18(17)15-28/h1-8,11,13,19-20,26-27H,9-10,12,14-15H2,(H,25,29). The molecule has 0 aliphatic carbocycles. The van der Waals surface area contributed by atoms with Gasteiger partial charge in [-0.15, -0.1) is 0 Å². The smallest absolute Gasteiger partial charge is 0.238 e. The second-order valence-corrected chi connectivity index (χ2v) is 7.83. The molecular weight excluding hydrogens is 378 g/mol. The lowest BCUT2D eigenvalue weighted by molar-refractivity contribution is -0.123. The molecule has 7 heteroatoms. The second-order valence-electron chi connectivity index (χ2n) is 7.83. The number of pyridine rings is 1. The van der Waals surface area contributed by atoms with E-state index < -0.39 is 0 Å². The lowest BCUT2D eigenvalue weighted by Crippen LogP contribution is -2.42. The number of nitrogens with one attached hydrogen (secondary N) is 3. The van der Waals surface area contributed by atoms with E-state index in [0.717, 1.165) is 36.7 Å². The molecule has 2 aliphatic rings. The summed E-state index contributed by atoms with van der Waals surface area (Å²) in [5.74, 6) is 1.77. The molecule has 5 rings (SSSR count). The van der Waals surface area contributed by atoms with Gasteiger partial charge in [0.2, 0.25) is 5.91 Å². The summed E-state index contributed by atoms with van der Waals surface area (Å²) in [6.07, 6.45) is 5.18. The highest BCUT2D eigenvalue weighted by atomic mass is 16.3. The molecule has 154 valence electrons. The first-order valence-corrected chi connectivity index (χ1v) is 10.3. The number of amides is 1. The van der Waals surface area contributed by atoms with Crippen molar-refractivity contribution in [1.82, 2.24) is 21.2 Å². The van der Waals surface area contributed by atoms with Crippen LogP contribution >= 0.6 is 0 Å². The molecule has 0 saturated carbocycles. The molecule has 2 unspecified atom stereocenters. The lowest BCUT2D eigenvalue weighted by Gasteiger charge is -2.29. The molecule has 0 radical (unpaired) electrons. The number of aromatic nitrogens is 1. The predicted octanol–water partition coefficient (Wildman–Crippen LogP) is 2.46. The van der Waals surface area contributed by atoms with Gasteiger partial charge in [0, 0.05) is 25.8 Å². The predicted molar refractivity (Wildman–Crippen MR) is 113 cm³/mol. The monoisotopic (exact) mass is 403 g/mol. The molecule has 2 aliphatic heterocycles. The van der Waals surface area contributed by atoms with Crippen LogP contribution in [0, 0.1) is 0 Å². The van der Waals surface area contributed by atoms with Crippen LogP contribution in [0.3, 0.4) is 0 Å². The van der Waals surface area contributed by atoms with Gasteiger partial charge in [0.1, 0.15) is 17.6 Å². The van der Waals surface area contributed by atoms with Crippen molar-refractivity contribution in [2.75, 3.05) is 11.4 Å². The highest BCUT2D eigenvalue weighted by Crippen LogP contribution is 2.24. The van der Waals surface area contributed by atoms with E-state index in [4.69, 9.17) is 4.42 Å². The Morgan fingerprint density at radius 2 is 2.03 bits per heavy atom. The number of anilines is 1. The fraction of sp³-hybridized carbons (Fsp3) is 0.304. The fourth-order valence-electron chi connectivity index (χ4n) is 4.12. The molecule has 4 heterocycles. The first kappa shape index (κ1) is 18.8. The number of furan rings is 1. The van der Waals surface area contributed by atoms with Gasteiger partial charge in [0.25, 0.3) is 0 Å². The first-order chi connectivity index (χ1) is 14.8. The molecule has 2 atom stereocenters. The van der Waals surface area contributed by atoms with Crippen molar-refractivity contribution in [2.24, 2.45) is 0 Å².